The van der Waals surface area contributed by atoms with E-state index in [-0.39, 0.29) is 18.5 Å². The number of carbonyl (C=O) groups is 2. The zero-order chi connectivity index (χ0) is 14.4. The molecule has 1 atom stereocenters. The highest BCUT2D eigenvalue weighted by molar-refractivity contribution is 5.81. The number of amides is 1. The molecule has 1 amide bonds. The lowest BCUT2D eigenvalue weighted by atomic mass is 9.79. The predicted molar refractivity (Wildman–Crippen MR) is 74.8 cm³/mol. The molecular weight excluding hydrogens is 242 g/mol. The van der Waals surface area contributed by atoms with Crippen molar-refractivity contribution in [3.8, 4) is 0 Å². The molecule has 0 spiro atoms. The fraction of sp³-hybridized carbons (Fsp3) is 0.867. The average Bonchev–Trinajstić information content (AvgIpc) is 2.36. The van der Waals surface area contributed by atoms with Gasteiger partial charge in [0.2, 0.25) is 5.91 Å². The van der Waals surface area contributed by atoms with Gasteiger partial charge >= 0.3 is 5.97 Å². The highest BCUT2D eigenvalue weighted by Crippen LogP contribution is 2.31. The van der Waals surface area contributed by atoms with Crippen LogP contribution in [0.4, 0.5) is 0 Å². The van der Waals surface area contributed by atoms with Gasteiger partial charge in [0.1, 0.15) is 6.54 Å². The first-order valence-corrected chi connectivity index (χ1v) is 7.43. The highest BCUT2D eigenvalue weighted by Gasteiger charge is 2.26. The lowest BCUT2D eigenvalue weighted by Crippen LogP contribution is -2.41. The van der Waals surface area contributed by atoms with E-state index in [1.165, 1.54) is 37.0 Å². The number of carboxylic acids is 1. The van der Waals surface area contributed by atoms with E-state index < -0.39 is 5.97 Å². The van der Waals surface area contributed by atoms with Gasteiger partial charge in [0.25, 0.3) is 0 Å². The lowest BCUT2D eigenvalue weighted by molar-refractivity contribution is -0.146. The van der Waals surface area contributed by atoms with E-state index >= 15 is 0 Å². The van der Waals surface area contributed by atoms with E-state index in [2.05, 4.69) is 6.92 Å². The maximum atomic E-state index is 12.2. The Bertz CT molecular complexity index is 309. The topological polar surface area (TPSA) is 57.6 Å². The molecule has 1 N–H and O–H groups in total. The van der Waals surface area contributed by atoms with Gasteiger partial charge in [-0.3, -0.25) is 9.59 Å². The molecule has 0 heterocycles. The molecule has 1 saturated carbocycles. The van der Waals surface area contributed by atoms with Gasteiger partial charge in [-0.15, -0.1) is 0 Å². The van der Waals surface area contributed by atoms with Crippen LogP contribution < -0.4 is 0 Å². The summed E-state index contributed by atoms with van der Waals surface area (Å²) >= 11 is 0. The quantitative estimate of drug-likeness (QED) is 0.806. The standard InChI is InChI=1S/C15H27NO3/c1-11(2)16(10-15(18)19)14(17)9-12(3)13-7-5-4-6-8-13/h11-13H,4-10H2,1-3H3,(H,18,19). The van der Waals surface area contributed by atoms with Gasteiger partial charge in [-0.05, 0) is 25.7 Å². The molecule has 0 bridgehead atoms. The molecule has 110 valence electrons. The maximum absolute atomic E-state index is 12.2. The summed E-state index contributed by atoms with van der Waals surface area (Å²) in [5, 5.41) is 8.87. The number of hydrogen-bond acceptors (Lipinski definition) is 2. The van der Waals surface area contributed by atoms with Gasteiger partial charge in [-0.25, -0.2) is 0 Å². The molecular formula is C15H27NO3. The number of aliphatic carboxylic acids is 1. The zero-order valence-corrected chi connectivity index (χ0v) is 12.4. The zero-order valence-electron chi connectivity index (χ0n) is 12.4. The van der Waals surface area contributed by atoms with Crippen LogP contribution >= 0.6 is 0 Å². The number of nitrogens with zero attached hydrogens (tertiary/aromatic N) is 1. The molecule has 0 aromatic carbocycles. The van der Waals surface area contributed by atoms with Crippen LogP contribution in [-0.2, 0) is 9.59 Å². The molecule has 0 saturated heterocycles. The molecule has 1 aliphatic rings. The summed E-state index contributed by atoms with van der Waals surface area (Å²) in [5.74, 6) is 0.0437. The first kappa shape index (κ1) is 16.0. The van der Waals surface area contributed by atoms with E-state index in [1.807, 2.05) is 13.8 Å². The van der Waals surface area contributed by atoms with Gasteiger partial charge < -0.3 is 10.0 Å². The summed E-state index contributed by atoms with van der Waals surface area (Å²) in [6, 6.07) is -0.0536. The molecule has 1 aliphatic carbocycles. The molecule has 4 heteroatoms. The van der Waals surface area contributed by atoms with Crippen LogP contribution in [0.15, 0.2) is 0 Å². The van der Waals surface area contributed by atoms with Crippen LogP contribution in [0, 0.1) is 11.8 Å². The molecule has 0 aliphatic heterocycles. The first-order chi connectivity index (χ1) is 8.91. The third-order valence-electron chi connectivity index (χ3n) is 4.20. The Hall–Kier alpha value is -1.06. The van der Waals surface area contributed by atoms with E-state index in [0.717, 1.165) is 0 Å². The van der Waals surface area contributed by atoms with E-state index in [0.29, 0.717) is 18.3 Å². The number of rotatable bonds is 6. The molecule has 1 unspecified atom stereocenters. The largest absolute Gasteiger partial charge is 0.480 e. The minimum Gasteiger partial charge on any atom is -0.480 e. The van der Waals surface area contributed by atoms with Crippen molar-refractivity contribution < 1.29 is 14.7 Å². The Labute approximate surface area is 116 Å². The Morgan fingerprint density at radius 2 is 1.74 bits per heavy atom. The van der Waals surface area contributed by atoms with Gasteiger partial charge in [0.15, 0.2) is 0 Å². The summed E-state index contributed by atoms with van der Waals surface area (Å²) in [6.07, 6.45) is 6.77. The third-order valence-corrected chi connectivity index (χ3v) is 4.20. The molecule has 1 fully saturated rings. The molecule has 0 aromatic rings. The Morgan fingerprint density at radius 3 is 2.21 bits per heavy atom. The Balaban J connectivity index is 2.52. The van der Waals surface area contributed by atoms with Gasteiger partial charge in [-0.2, -0.15) is 0 Å². The van der Waals surface area contributed by atoms with Crippen molar-refractivity contribution in [2.45, 2.75) is 65.3 Å². The van der Waals surface area contributed by atoms with Gasteiger partial charge in [-0.1, -0.05) is 39.0 Å². The molecule has 1 rings (SSSR count). The monoisotopic (exact) mass is 269 g/mol. The van der Waals surface area contributed by atoms with Crippen LogP contribution in [0.2, 0.25) is 0 Å². The molecule has 0 radical (unpaired) electrons. The normalized spacial score (nSPS) is 18.3. The van der Waals surface area contributed by atoms with Gasteiger partial charge in [0.05, 0.1) is 0 Å². The fourth-order valence-corrected chi connectivity index (χ4v) is 2.97. The minimum atomic E-state index is -0.938. The van der Waals surface area contributed by atoms with E-state index in [4.69, 9.17) is 5.11 Å². The van der Waals surface area contributed by atoms with Crippen LogP contribution in [0.1, 0.15) is 59.3 Å². The van der Waals surface area contributed by atoms with Crippen molar-refractivity contribution in [3.63, 3.8) is 0 Å². The maximum Gasteiger partial charge on any atom is 0.323 e. The van der Waals surface area contributed by atoms with Crippen LogP contribution in [0.5, 0.6) is 0 Å². The SMILES string of the molecule is CC(CC(=O)N(CC(=O)O)C(C)C)C1CCCCC1. The van der Waals surface area contributed by atoms with Crippen molar-refractivity contribution in [2.75, 3.05) is 6.54 Å². The highest BCUT2D eigenvalue weighted by atomic mass is 16.4. The summed E-state index contributed by atoms with van der Waals surface area (Å²) in [7, 11) is 0. The van der Waals surface area contributed by atoms with Crippen molar-refractivity contribution in [3.05, 3.63) is 0 Å². The Morgan fingerprint density at radius 1 is 1.16 bits per heavy atom. The minimum absolute atomic E-state index is 0.0181. The fourth-order valence-electron chi connectivity index (χ4n) is 2.97. The van der Waals surface area contributed by atoms with E-state index in [9.17, 15) is 9.59 Å². The predicted octanol–water partition coefficient (Wildman–Crippen LogP) is 2.91. The molecule has 4 nitrogen and oxygen atoms in total. The third kappa shape index (κ3) is 5.21. The van der Waals surface area contributed by atoms with E-state index in [1.54, 1.807) is 0 Å². The lowest BCUT2D eigenvalue weighted by Gasteiger charge is -2.30. The van der Waals surface area contributed by atoms with Crippen LogP contribution in [0.25, 0.3) is 0 Å². The number of carbonyl (C=O) groups excluding carboxylic acids is 1. The second kappa shape index (κ2) is 7.51. The average molecular weight is 269 g/mol. The summed E-state index contributed by atoms with van der Waals surface area (Å²) in [6.45, 7) is 5.68. The summed E-state index contributed by atoms with van der Waals surface area (Å²) < 4.78 is 0. The van der Waals surface area contributed by atoms with Crippen LogP contribution in [-0.4, -0.2) is 34.5 Å². The van der Waals surface area contributed by atoms with Crippen molar-refractivity contribution in [1.29, 1.82) is 0 Å². The van der Waals surface area contributed by atoms with Crippen molar-refractivity contribution in [1.82, 2.24) is 4.90 Å². The number of hydrogen-bond donors (Lipinski definition) is 1. The first-order valence-electron chi connectivity index (χ1n) is 7.43. The number of carboxylic acid groups (broad SMARTS) is 1. The summed E-state index contributed by atoms with van der Waals surface area (Å²) in [5.41, 5.74) is 0. The molecule has 0 aromatic heterocycles. The smallest absolute Gasteiger partial charge is 0.323 e. The van der Waals surface area contributed by atoms with Gasteiger partial charge in [0, 0.05) is 12.5 Å². The van der Waals surface area contributed by atoms with Crippen molar-refractivity contribution in [2.24, 2.45) is 11.8 Å². The second-order valence-corrected chi connectivity index (χ2v) is 6.09. The van der Waals surface area contributed by atoms with Crippen molar-refractivity contribution >= 4 is 11.9 Å². The van der Waals surface area contributed by atoms with Crippen LogP contribution in [0.3, 0.4) is 0 Å². The Kier molecular flexibility index (Phi) is 6.32. The summed E-state index contributed by atoms with van der Waals surface area (Å²) in [4.78, 5) is 24.5. The second-order valence-electron chi connectivity index (χ2n) is 6.09. The molecule has 19 heavy (non-hydrogen) atoms.